The van der Waals surface area contributed by atoms with Crippen LogP contribution in [0, 0.1) is 11.7 Å². The molecule has 1 aliphatic rings. The maximum absolute atomic E-state index is 13.2. The smallest absolute Gasteiger partial charge is 0.243 e. The molecule has 6 nitrogen and oxygen atoms in total. The Balaban J connectivity index is 1.66. The van der Waals surface area contributed by atoms with E-state index >= 15 is 0 Å². The van der Waals surface area contributed by atoms with Gasteiger partial charge >= 0.3 is 0 Å². The summed E-state index contributed by atoms with van der Waals surface area (Å²) in [6.45, 7) is 7.72. The molecule has 2 aromatic rings. The van der Waals surface area contributed by atoms with Crippen molar-refractivity contribution in [2.45, 2.75) is 44.6 Å². The zero-order chi connectivity index (χ0) is 22.6. The topological polar surface area (TPSA) is 69.7 Å². The Morgan fingerprint density at radius 2 is 1.81 bits per heavy atom. The van der Waals surface area contributed by atoms with Crippen LogP contribution in [0.15, 0.2) is 53.4 Å². The number of sulfonamides is 1. The summed E-state index contributed by atoms with van der Waals surface area (Å²) >= 11 is 0. The highest BCUT2D eigenvalue weighted by atomic mass is 32.2. The highest BCUT2D eigenvalue weighted by molar-refractivity contribution is 7.89. The molecule has 0 spiro atoms. The van der Waals surface area contributed by atoms with Crippen molar-refractivity contribution in [2.75, 3.05) is 29.9 Å². The normalized spacial score (nSPS) is 17.5. The fraction of sp³-hybridized carbons (Fsp3) is 0.435. The summed E-state index contributed by atoms with van der Waals surface area (Å²) in [6, 6.07) is 12.8. The number of hydrogen-bond acceptors (Lipinski definition) is 4. The molecule has 1 heterocycles. The molecule has 1 fully saturated rings. The van der Waals surface area contributed by atoms with Gasteiger partial charge in [-0.3, -0.25) is 4.79 Å². The van der Waals surface area contributed by atoms with Crippen molar-refractivity contribution in [1.82, 2.24) is 4.31 Å². The van der Waals surface area contributed by atoms with E-state index in [0.717, 1.165) is 24.4 Å². The number of nitrogens with zero attached hydrogens (tertiary/aromatic N) is 2. The number of carbonyl (C=O) groups is 1. The molecule has 8 heteroatoms. The molecule has 2 aromatic carbocycles. The molecule has 31 heavy (non-hydrogen) atoms. The SMILES string of the molecule is CCN(c1ccc(NC(=O)C2CCCN(S(=O)(=O)c3ccc(F)cc3)C2)cc1)C(C)C. The van der Waals surface area contributed by atoms with Crippen molar-refractivity contribution >= 4 is 27.3 Å². The molecule has 168 valence electrons. The van der Waals surface area contributed by atoms with E-state index in [9.17, 15) is 17.6 Å². The summed E-state index contributed by atoms with van der Waals surface area (Å²) in [5.74, 6) is -1.12. The molecule has 1 saturated heterocycles. The summed E-state index contributed by atoms with van der Waals surface area (Å²) < 4.78 is 40.2. The van der Waals surface area contributed by atoms with Crippen LogP contribution >= 0.6 is 0 Å². The van der Waals surface area contributed by atoms with Gasteiger partial charge in [-0.25, -0.2) is 12.8 Å². The third-order valence-corrected chi connectivity index (χ3v) is 7.52. The Kier molecular flexibility index (Phi) is 7.33. The van der Waals surface area contributed by atoms with Gasteiger partial charge in [-0.2, -0.15) is 4.31 Å². The summed E-state index contributed by atoms with van der Waals surface area (Å²) in [6.07, 6.45) is 1.22. The van der Waals surface area contributed by atoms with E-state index in [1.54, 1.807) is 0 Å². The number of benzene rings is 2. The summed E-state index contributed by atoms with van der Waals surface area (Å²) in [5.41, 5.74) is 1.77. The summed E-state index contributed by atoms with van der Waals surface area (Å²) in [5, 5.41) is 2.92. The second-order valence-electron chi connectivity index (χ2n) is 8.07. The lowest BCUT2D eigenvalue weighted by molar-refractivity contribution is -0.120. The van der Waals surface area contributed by atoms with E-state index in [1.807, 2.05) is 24.3 Å². The maximum atomic E-state index is 13.2. The Labute approximate surface area is 184 Å². The van der Waals surface area contributed by atoms with Crippen molar-refractivity contribution < 1.29 is 17.6 Å². The monoisotopic (exact) mass is 447 g/mol. The van der Waals surface area contributed by atoms with E-state index in [0.29, 0.717) is 31.1 Å². The van der Waals surface area contributed by atoms with Gasteiger partial charge in [0.15, 0.2) is 0 Å². The molecular weight excluding hydrogens is 417 g/mol. The van der Waals surface area contributed by atoms with Crippen molar-refractivity contribution in [3.8, 4) is 0 Å². The lowest BCUT2D eigenvalue weighted by atomic mass is 9.98. The number of anilines is 2. The molecule has 3 rings (SSSR count). The van der Waals surface area contributed by atoms with E-state index < -0.39 is 21.8 Å². The number of rotatable bonds is 7. The minimum absolute atomic E-state index is 0.0381. The summed E-state index contributed by atoms with van der Waals surface area (Å²) in [7, 11) is -3.76. The van der Waals surface area contributed by atoms with E-state index in [-0.39, 0.29) is 17.3 Å². The van der Waals surface area contributed by atoms with Crippen LogP contribution in [0.25, 0.3) is 0 Å². The van der Waals surface area contributed by atoms with Gasteiger partial charge in [0, 0.05) is 37.1 Å². The first-order valence-electron chi connectivity index (χ1n) is 10.7. The van der Waals surface area contributed by atoms with Crippen LogP contribution in [-0.2, 0) is 14.8 Å². The first-order chi connectivity index (χ1) is 14.7. The molecule has 0 aromatic heterocycles. The molecular formula is C23H30FN3O3S. The molecule has 1 amide bonds. The van der Waals surface area contributed by atoms with Gasteiger partial charge in [0.1, 0.15) is 5.82 Å². The Bertz CT molecular complexity index is 992. The van der Waals surface area contributed by atoms with E-state index in [2.05, 4.69) is 31.0 Å². The van der Waals surface area contributed by atoms with Crippen molar-refractivity contribution in [1.29, 1.82) is 0 Å². The van der Waals surface area contributed by atoms with Crippen molar-refractivity contribution in [3.05, 3.63) is 54.3 Å². The van der Waals surface area contributed by atoms with Crippen LogP contribution in [0.3, 0.4) is 0 Å². The average Bonchev–Trinajstić information content (AvgIpc) is 2.75. The lowest BCUT2D eigenvalue weighted by Crippen LogP contribution is -2.43. The molecule has 0 saturated carbocycles. The quantitative estimate of drug-likeness (QED) is 0.694. The number of carbonyl (C=O) groups excluding carboxylic acids is 1. The Morgan fingerprint density at radius 3 is 2.39 bits per heavy atom. The second-order valence-corrected chi connectivity index (χ2v) is 10.0. The standard InChI is InChI=1S/C23H30FN3O3S/c1-4-27(17(2)3)21-11-9-20(10-12-21)25-23(28)18-6-5-15-26(16-18)31(29,30)22-13-7-19(24)8-14-22/h7-14,17-18H,4-6,15-16H2,1-3H3,(H,25,28). The van der Waals surface area contributed by atoms with Crippen molar-refractivity contribution in [3.63, 3.8) is 0 Å². The molecule has 1 atom stereocenters. The van der Waals surface area contributed by atoms with E-state index in [4.69, 9.17) is 0 Å². The van der Waals surface area contributed by atoms with Gasteiger partial charge in [0.25, 0.3) is 0 Å². The van der Waals surface area contributed by atoms with Crippen molar-refractivity contribution in [2.24, 2.45) is 5.92 Å². The minimum Gasteiger partial charge on any atom is -0.369 e. The van der Waals surface area contributed by atoms with Crippen LogP contribution in [0.2, 0.25) is 0 Å². The molecule has 0 bridgehead atoms. The van der Waals surface area contributed by atoms with Gasteiger partial charge in [0.2, 0.25) is 15.9 Å². The number of halogens is 1. The molecule has 1 aliphatic heterocycles. The lowest BCUT2D eigenvalue weighted by Gasteiger charge is -2.31. The molecule has 0 radical (unpaired) electrons. The number of hydrogen-bond donors (Lipinski definition) is 1. The average molecular weight is 448 g/mol. The number of piperidine rings is 1. The van der Waals surface area contributed by atoms with Gasteiger partial charge < -0.3 is 10.2 Å². The maximum Gasteiger partial charge on any atom is 0.243 e. The fourth-order valence-electron chi connectivity index (χ4n) is 3.96. The largest absolute Gasteiger partial charge is 0.369 e. The molecule has 0 aliphatic carbocycles. The first-order valence-corrected chi connectivity index (χ1v) is 12.1. The zero-order valence-electron chi connectivity index (χ0n) is 18.2. The fourth-order valence-corrected chi connectivity index (χ4v) is 5.48. The number of nitrogens with one attached hydrogen (secondary N) is 1. The second kappa shape index (κ2) is 9.78. The minimum atomic E-state index is -3.76. The predicted octanol–water partition coefficient (Wildman–Crippen LogP) is 4.10. The molecule has 1 N–H and O–H groups in total. The van der Waals surface area contributed by atoms with Gasteiger partial charge in [-0.15, -0.1) is 0 Å². The van der Waals surface area contributed by atoms with Crippen LogP contribution in [-0.4, -0.2) is 44.3 Å². The first kappa shape index (κ1) is 23.2. The van der Waals surface area contributed by atoms with Crippen LogP contribution in [0.4, 0.5) is 15.8 Å². The predicted molar refractivity (Wildman–Crippen MR) is 121 cm³/mol. The van der Waals surface area contributed by atoms with Crippen LogP contribution in [0.1, 0.15) is 33.6 Å². The van der Waals surface area contributed by atoms with E-state index in [1.165, 1.54) is 16.4 Å². The highest BCUT2D eigenvalue weighted by Gasteiger charge is 2.33. The zero-order valence-corrected chi connectivity index (χ0v) is 19.0. The third kappa shape index (κ3) is 5.43. The van der Waals surface area contributed by atoms with Crippen LogP contribution < -0.4 is 10.2 Å². The van der Waals surface area contributed by atoms with Gasteiger partial charge in [-0.1, -0.05) is 0 Å². The van der Waals surface area contributed by atoms with Gasteiger partial charge in [-0.05, 0) is 82.1 Å². The summed E-state index contributed by atoms with van der Waals surface area (Å²) in [4.78, 5) is 15.1. The highest BCUT2D eigenvalue weighted by Crippen LogP contribution is 2.26. The number of amides is 1. The third-order valence-electron chi connectivity index (χ3n) is 5.64. The molecule has 1 unspecified atom stereocenters. The Morgan fingerprint density at radius 1 is 1.16 bits per heavy atom. The van der Waals surface area contributed by atoms with Gasteiger partial charge in [0.05, 0.1) is 10.8 Å². The van der Waals surface area contributed by atoms with Crippen LogP contribution in [0.5, 0.6) is 0 Å². The Hall–Kier alpha value is -2.45.